The molecule has 0 N–H and O–H groups in total. The van der Waals surface area contributed by atoms with Gasteiger partial charge < -0.3 is 9.47 Å². The van der Waals surface area contributed by atoms with Gasteiger partial charge in [0, 0.05) is 12.6 Å². The molecule has 0 unspecified atom stereocenters. The maximum Gasteiger partial charge on any atom is 0.266 e. The van der Waals surface area contributed by atoms with Crippen molar-refractivity contribution in [3.63, 3.8) is 0 Å². The number of ether oxygens (including phenoxy) is 2. The molecule has 162 valence electrons. The van der Waals surface area contributed by atoms with E-state index in [9.17, 15) is 9.18 Å². The smallest absolute Gasteiger partial charge is 0.266 e. The lowest BCUT2D eigenvalue weighted by molar-refractivity contribution is -0.121. The molecule has 5 nitrogen and oxygen atoms in total. The van der Waals surface area contributed by atoms with Crippen LogP contribution in [0.15, 0.2) is 82.7 Å². The fourth-order valence-corrected chi connectivity index (χ4v) is 3.99. The highest BCUT2D eigenvalue weighted by atomic mass is 32.2. The van der Waals surface area contributed by atoms with Crippen molar-refractivity contribution in [2.24, 2.45) is 4.99 Å². The van der Waals surface area contributed by atoms with E-state index in [-0.39, 0.29) is 18.3 Å². The van der Waals surface area contributed by atoms with E-state index < -0.39 is 0 Å². The fourth-order valence-electron chi connectivity index (χ4n) is 3.01. The highest BCUT2D eigenvalue weighted by Gasteiger charge is 2.30. The normalized spacial score (nSPS) is 16.1. The summed E-state index contributed by atoms with van der Waals surface area (Å²) in [7, 11) is 3.32. The van der Waals surface area contributed by atoms with Crippen LogP contribution in [0.25, 0.3) is 6.08 Å². The quantitative estimate of drug-likeness (QED) is 0.458. The van der Waals surface area contributed by atoms with Gasteiger partial charge in [-0.2, -0.15) is 0 Å². The Morgan fingerprint density at radius 3 is 2.38 bits per heavy atom. The number of carbonyl (C=O) groups is 1. The summed E-state index contributed by atoms with van der Waals surface area (Å²) < 4.78 is 24.5. The standard InChI is InChI=1S/C25H21FN2O3S/c1-28-24(29)23(32-25(28)27-19-9-13-20(30-2)14-10-19)15-17-7-11-21(12-8-17)31-16-18-5-3-4-6-22(18)26/h3-15H,16H2,1-2H3/b23-15+,27-25?. The van der Waals surface area contributed by atoms with Crippen LogP contribution < -0.4 is 9.47 Å². The van der Waals surface area contributed by atoms with E-state index in [1.165, 1.54) is 22.7 Å². The van der Waals surface area contributed by atoms with Gasteiger partial charge in [0.05, 0.1) is 17.7 Å². The molecule has 0 atom stereocenters. The summed E-state index contributed by atoms with van der Waals surface area (Å²) in [6.45, 7) is 0.150. The topological polar surface area (TPSA) is 51.1 Å². The van der Waals surface area contributed by atoms with Crippen LogP contribution in [0.1, 0.15) is 11.1 Å². The van der Waals surface area contributed by atoms with Crippen molar-refractivity contribution in [3.8, 4) is 11.5 Å². The number of hydrogen-bond donors (Lipinski definition) is 0. The molecule has 0 aliphatic carbocycles. The molecule has 3 aromatic rings. The van der Waals surface area contributed by atoms with Gasteiger partial charge in [-0.1, -0.05) is 30.3 Å². The van der Waals surface area contributed by atoms with Crippen LogP contribution in [0.2, 0.25) is 0 Å². The number of benzene rings is 3. The first-order valence-corrected chi connectivity index (χ1v) is 10.7. The molecule has 0 spiro atoms. The molecule has 4 rings (SSSR count). The Morgan fingerprint density at radius 2 is 1.69 bits per heavy atom. The average molecular weight is 449 g/mol. The zero-order valence-corrected chi connectivity index (χ0v) is 18.4. The third-order valence-corrected chi connectivity index (χ3v) is 5.89. The van der Waals surface area contributed by atoms with Crippen molar-refractivity contribution in [2.45, 2.75) is 6.61 Å². The minimum absolute atomic E-state index is 0.109. The number of hydrogen-bond acceptors (Lipinski definition) is 5. The highest BCUT2D eigenvalue weighted by molar-refractivity contribution is 8.18. The monoisotopic (exact) mass is 448 g/mol. The maximum absolute atomic E-state index is 13.7. The molecule has 1 heterocycles. The summed E-state index contributed by atoms with van der Waals surface area (Å²) in [6.07, 6.45) is 1.82. The minimum Gasteiger partial charge on any atom is -0.497 e. The van der Waals surface area contributed by atoms with Crippen molar-refractivity contribution >= 4 is 34.6 Å². The van der Waals surface area contributed by atoms with Crippen LogP contribution in [0.5, 0.6) is 11.5 Å². The number of likely N-dealkylation sites (N-methyl/N-ethyl adjacent to an activating group) is 1. The van der Waals surface area contributed by atoms with E-state index in [1.54, 1.807) is 44.5 Å². The first-order chi connectivity index (χ1) is 15.5. The maximum atomic E-state index is 13.7. The molecule has 0 aromatic heterocycles. The molecule has 0 bridgehead atoms. The Morgan fingerprint density at radius 1 is 1.00 bits per heavy atom. The molecular formula is C25H21FN2O3S. The summed E-state index contributed by atoms with van der Waals surface area (Å²) >= 11 is 1.32. The number of thioether (sulfide) groups is 1. The second-order valence-corrected chi connectivity index (χ2v) is 8.03. The van der Waals surface area contributed by atoms with Gasteiger partial charge in [-0.25, -0.2) is 9.38 Å². The van der Waals surface area contributed by atoms with Gasteiger partial charge in [-0.15, -0.1) is 0 Å². The number of amidine groups is 1. The lowest BCUT2D eigenvalue weighted by Gasteiger charge is -2.07. The van der Waals surface area contributed by atoms with Gasteiger partial charge in [0.15, 0.2) is 5.17 Å². The SMILES string of the molecule is COc1ccc(N=C2S/C(=C/c3ccc(OCc4ccccc4F)cc3)C(=O)N2C)cc1. The third-order valence-electron chi connectivity index (χ3n) is 4.83. The van der Waals surface area contributed by atoms with Crippen molar-refractivity contribution in [2.75, 3.05) is 14.2 Å². The molecule has 0 saturated carbocycles. The number of methoxy groups -OCH3 is 1. The molecule has 7 heteroatoms. The second-order valence-electron chi connectivity index (χ2n) is 7.02. The Kier molecular flexibility index (Phi) is 6.56. The van der Waals surface area contributed by atoms with Crippen molar-refractivity contribution < 1.29 is 18.7 Å². The van der Waals surface area contributed by atoms with Crippen LogP contribution in [0.4, 0.5) is 10.1 Å². The number of amides is 1. The van der Waals surface area contributed by atoms with Crippen molar-refractivity contribution in [1.82, 2.24) is 4.90 Å². The Bertz CT molecular complexity index is 1170. The number of carbonyl (C=O) groups excluding carboxylic acids is 1. The molecule has 1 fully saturated rings. The van der Waals surface area contributed by atoms with E-state index in [2.05, 4.69) is 4.99 Å². The molecule has 1 saturated heterocycles. The van der Waals surface area contributed by atoms with Gasteiger partial charge in [-0.05, 0) is 65.9 Å². The van der Waals surface area contributed by atoms with Crippen LogP contribution in [0.3, 0.4) is 0 Å². The zero-order chi connectivity index (χ0) is 22.5. The van der Waals surface area contributed by atoms with E-state index in [0.717, 1.165) is 17.0 Å². The van der Waals surface area contributed by atoms with E-state index in [4.69, 9.17) is 9.47 Å². The first kappa shape index (κ1) is 21.6. The number of aliphatic imine (C=N–C) groups is 1. The first-order valence-electron chi connectivity index (χ1n) is 9.90. The minimum atomic E-state index is -0.290. The fraction of sp³-hybridized carbons (Fsp3) is 0.120. The Labute approximate surface area is 190 Å². The largest absolute Gasteiger partial charge is 0.497 e. The third kappa shape index (κ3) is 5.00. The number of rotatable bonds is 6. The van der Waals surface area contributed by atoms with Gasteiger partial charge in [0.25, 0.3) is 5.91 Å². The van der Waals surface area contributed by atoms with Crippen molar-refractivity contribution in [1.29, 1.82) is 0 Å². The average Bonchev–Trinajstić information content (AvgIpc) is 3.07. The molecule has 32 heavy (non-hydrogen) atoms. The van der Waals surface area contributed by atoms with Crippen LogP contribution in [0, 0.1) is 5.82 Å². The van der Waals surface area contributed by atoms with Crippen LogP contribution >= 0.6 is 11.8 Å². The summed E-state index contributed by atoms with van der Waals surface area (Å²) in [5.41, 5.74) is 2.10. The Hall–Kier alpha value is -3.58. The van der Waals surface area contributed by atoms with Gasteiger partial charge in [-0.3, -0.25) is 9.69 Å². The summed E-state index contributed by atoms with van der Waals surface area (Å²) in [4.78, 5) is 19.3. The molecule has 1 amide bonds. The van der Waals surface area contributed by atoms with Gasteiger partial charge in [0.2, 0.25) is 0 Å². The predicted octanol–water partition coefficient (Wildman–Crippen LogP) is 5.65. The van der Waals surface area contributed by atoms with Crippen LogP contribution in [-0.2, 0) is 11.4 Å². The van der Waals surface area contributed by atoms with Crippen LogP contribution in [-0.4, -0.2) is 30.1 Å². The van der Waals surface area contributed by atoms with Gasteiger partial charge in [0.1, 0.15) is 23.9 Å². The molecular weight excluding hydrogens is 427 g/mol. The number of halogens is 1. The lowest BCUT2D eigenvalue weighted by atomic mass is 10.2. The molecule has 1 aliphatic heterocycles. The van der Waals surface area contributed by atoms with E-state index in [1.807, 2.05) is 42.5 Å². The lowest BCUT2D eigenvalue weighted by Crippen LogP contribution is -2.23. The summed E-state index contributed by atoms with van der Waals surface area (Å²) in [5, 5.41) is 0.608. The predicted molar refractivity (Wildman–Crippen MR) is 126 cm³/mol. The van der Waals surface area contributed by atoms with E-state index >= 15 is 0 Å². The van der Waals surface area contributed by atoms with E-state index in [0.29, 0.717) is 21.4 Å². The summed E-state index contributed by atoms with van der Waals surface area (Å²) in [6, 6.07) is 21.2. The molecule has 3 aromatic carbocycles. The molecule has 1 aliphatic rings. The van der Waals surface area contributed by atoms with Crippen molar-refractivity contribution in [3.05, 3.63) is 94.6 Å². The second kappa shape index (κ2) is 9.70. The summed E-state index contributed by atoms with van der Waals surface area (Å²) in [5.74, 6) is 0.975. The molecule has 0 radical (unpaired) electrons. The zero-order valence-electron chi connectivity index (χ0n) is 17.6. The van der Waals surface area contributed by atoms with Gasteiger partial charge >= 0.3 is 0 Å². The number of nitrogens with zero attached hydrogens (tertiary/aromatic N) is 2. The highest BCUT2D eigenvalue weighted by Crippen LogP contribution is 2.33. The Balaban J connectivity index is 1.44.